The van der Waals surface area contributed by atoms with Crippen LogP contribution in [-0.2, 0) is 6.54 Å². The van der Waals surface area contributed by atoms with Crippen LogP contribution in [0.15, 0.2) is 18.2 Å². The molecule has 0 aromatic heterocycles. The van der Waals surface area contributed by atoms with Crippen molar-refractivity contribution < 1.29 is 5.11 Å². The molecule has 1 fully saturated rings. The van der Waals surface area contributed by atoms with Gasteiger partial charge in [-0.25, -0.2) is 0 Å². The molecule has 0 spiro atoms. The minimum absolute atomic E-state index is 0.217. The highest BCUT2D eigenvalue weighted by Crippen LogP contribution is 2.28. The average Bonchev–Trinajstić information content (AvgIpc) is 2.45. The van der Waals surface area contributed by atoms with Gasteiger partial charge in [0.1, 0.15) is 0 Å². The lowest BCUT2D eigenvalue weighted by molar-refractivity contribution is 0.240. The number of rotatable bonds is 5. The first kappa shape index (κ1) is 15.6. The molecule has 1 aromatic rings. The molecule has 1 saturated heterocycles. The van der Waals surface area contributed by atoms with Gasteiger partial charge in [-0.15, -0.1) is 0 Å². The predicted molar refractivity (Wildman–Crippen MR) is 85.5 cm³/mol. The molecular weight excluding hydrogens is 272 g/mol. The largest absolute Gasteiger partial charge is 0.394 e. The van der Waals surface area contributed by atoms with Crippen LogP contribution in [0.3, 0.4) is 0 Å². The van der Waals surface area contributed by atoms with Gasteiger partial charge >= 0.3 is 0 Å². The number of anilines is 1. The summed E-state index contributed by atoms with van der Waals surface area (Å²) in [6, 6.07) is 6.94. The molecule has 20 heavy (non-hydrogen) atoms. The van der Waals surface area contributed by atoms with Gasteiger partial charge < -0.3 is 15.3 Å². The predicted octanol–water partition coefficient (Wildman–Crippen LogP) is 3.19. The standard InChI is InChI=1S/C16H25ClN2O/c1-12(2)18-10-13-6-7-14(9-16(13)17)19-8-4-3-5-15(19)11-20/h6-7,9,12,15,18,20H,3-5,8,10-11H2,1-2H3. The maximum Gasteiger partial charge on any atom is 0.0635 e. The minimum Gasteiger partial charge on any atom is -0.394 e. The second-order valence-corrected chi connectivity index (χ2v) is 6.24. The topological polar surface area (TPSA) is 35.5 Å². The van der Waals surface area contributed by atoms with Gasteiger partial charge in [-0.05, 0) is 37.0 Å². The lowest BCUT2D eigenvalue weighted by Gasteiger charge is -2.36. The Kier molecular flexibility index (Phi) is 5.70. The van der Waals surface area contributed by atoms with Gasteiger partial charge in [0.05, 0.1) is 12.6 Å². The molecule has 3 nitrogen and oxygen atoms in total. The smallest absolute Gasteiger partial charge is 0.0635 e. The van der Waals surface area contributed by atoms with E-state index in [9.17, 15) is 5.11 Å². The molecule has 0 bridgehead atoms. The van der Waals surface area contributed by atoms with Crippen molar-refractivity contribution in [2.45, 2.75) is 51.7 Å². The minimum atomic E-state index is 0.217. The third kappa shape index (κ3) is 3.87. The van der Waals surface area contributed by atoms with Gasteiger partial charge in [-0.3, -0.25) is 0 Å². The van der Waals surface area contributed by atoms with Crippen molar-refractivity contribution in [1.29, 1.82) is 0 Å². The zero-order chi connectivity index (χ0) is 14.5. The number of hydrogen-bond acceptors (Lipinski definition) is 3. The Bertz CT molecular complexity index is 436. The van der Waals surface area contributed by atoms with Crippen molar-refractivity contribution in [2.75, 3.05) is 18.1 Å². The molecular formula is C16H25ClN2O. The lowest BCUT2D eigenvalue weighted by atomic mass is 10.0. The Balaban J connectivity index is 2.11. The van der Waals surface area contributed by atoms with Crippen LogP contribution in [0.4, 0.5) is 5.69 Å². The molecule has 1 atom stereocenters. The number of aliphatic hydroxyl groups is 1. The maximum absolute atomic E-state index is 9.51. The third-order valence-electron chi connectivity index (χ3n) is 3.91. The number of nitrogens with zero attached hydrogens (tertiary/aromatic N) is 1. The van der Waals surface area contributed by atoms with E-state index in [0.717, 1.165) is 35.8 Å². The Morgan fingerprint density at radius 2 is 2.20 bits per heavy atom. The van der Waals surface area contributed by atoms with Crippen molar-refractivity contribution in [3.8, 4) is 0 Å². The van der Waals surface area contributed by atoms with Gasteiger partial charge in [0.25, 0.3) is 0 Å². The number of benzene rings is 1. The van der Waals surface area contributed by atoms with E-state index in [-0.39, 0.29) is 12.6 Å². The molecule has 0 amide bonds. The molecule has 112 valence electrons. The van der Waals surface area contributed by atoms with Crippen molar-refractivity contribution in [1.82, 2.24) is 5.32 Å². The summed E-state index contributed by atoms with van der Waals surface area (Å²) in [4.78, 5) is 2.29. The van der Waals surface area contributed by atoms with Crippen LogP contribution in [0.2, 0.25) is 5.02 Å². The number of nitrogens with one attached hydrogen (secondary N) is 1. The molecule has 1 aromatic carbocycles. The molecule has 1 aliphatic rings. The summed E-state index contributed by atoms with van der Waals surface area (Å²) in [6.07, 6.45) is 3.45. The van der Waals surface area contributed by atoms with Crippen LogP contribution in [0, 0.1) is 0 Å². The number of aliphatic hydroxyl groups excluding tert-OH is 1. The van der Waals surface area contributed by atoms with Gasteiger partial charge in [0, 0.05) is 29.8 Å². The van der Waals surface area contributed by atoms with E-state index in [1.165, 1.54) is 12.8 Å². The Morgan fingerprint density at radius 1 is 1.40 bits per heavy atom. The summed E-state index contributed by atoms with van der Waals surface area (Å²) in [5, 5.41) is 13.7. The lowest BCUT2D eigenvalue weighted by Crippen LogP contribution is -2.41. The Morgan fingerprint density at radius 3 is 2.85 bits per heavy atom. The average molecular weight is 297 g/mol. The van der Waals surface area contributed by atoms with E-state index in [2.05, 4.69) is 36.2 Å². The van der Waals surface area contributed by atoms with E-state index in [4.69, 9.17) is 11.6 Å². The van der Waals surface area contributed by atoms with E-state index in [1.807, 2.05) is 6.07 Å². The van der Waals surface area contributed by atoms with Crippen LogP contribution in [0.25, 0.3) is 0 Å². The molecule has 1 unspecified atom stereocenters. The molecule has 1 aliphatic heterocycles. The highest BCUT2D eigenvalue weighted by Gasteiger charge is 2.22. The highest BCUT2D eigenvalue weighted by molar-refractivity contribution is 6.31. The fourth-order valence-corrected chi connectivity index (χ4v) is 2.94. The van der Waals surface area contributed by atoms with E-state index in [0.29, 0.717) is 6.04 Å². The first-order valence-electron chi connectivity index (χ1n) is 7.51. The summed E-state index contributed by atoms with van der Waals surface area (Å²) in [5.41, 5.74) is 2.25. The van der Waals surface area contributed by atoms with Gasteiger partial charge in [0.15, 0.2) is 0 Å². The quantitative estimate of drug-likeness (QED) is 0.876. The molecule has 1 heterocycles. The van der Waals surface area contributed by atoms with Crippen LogP contribution in [0.1, 0.15) is 38.7 Å². The van der Waals surface area contributed by atoms with E-state index < -0.39 is 0 Å². The molecule has 0 radical (unpaired) electrons. The van der Waals surface area contributed by atoms with Crippen molar-refractivity contribution in [3.05, 3.63) is 28.8 Å². The van der Waals surface area contributed by atoms with Crippen LogP contribution in [0.5, 0.6) is 0 Å². The number of piperidine rings is 1. The highest BCUT2D eigenvalue weighted by atomic mass is 35.5. The van der Waals surface area contributed by atoms with E-state index >= 15 is 0 Å². The van der Waals surface area contributed by atoms with Crippen LogP contribution in [-0.4, -0.2) is 30.3 Å². The van der Waals surface area contributed by atoms with Crippen molar-refractivity contribution in [3.63, 3.8) is 0 Å². The first-order chi connectivity index (χ1) is 9.61. The normalized spacial score (nSPS) is 19.6. The zero-order valence-corrected chi connectivity index (χ0v) is 13.2. The van der Waals surface area contributed by atoms with Crippen molar-refractivity contribution in [2.24, 2.45) is 0 Å². The van der Waals surface area contributed by atoms with Crippen LogP contribution >= 0.6 is 11.6 Å². The fraction of sp³-hybridized carbons (Fsp3) is 0.625. The van der Waals surface area contributed by atoms with Gasteiger partial charge in [-0.1, -0.05) is 31.5 Å². The second kappa shape index (κ2) is 7.30. The molecule has 0 aliphatic carbocycles. The summed E-state index contributed by atoms with van der Waals surface area (Å²) >= 11 is 6.39. The summed E-state index contributed by atoms with van der Waals surface area (Å²) in [7, 11) is 0. The van der Waals surface area contributed by atoms with Crippen LogP contribution < -0.4 is 10.2 Å². The third-order valence-corrected chi connectivity index (χ3v) is 4.26. The first-order valence-corrected chi connectivity index (χ1v) is 7.89. The molecule has 2 rings (SSSR count). The van der Waals surface area contributed by atoms with Crippen molar-refractivity contribution >= 4 is 17.3 Å². The second-order valence-electron chi connectivity index (χ2n) is 5.84. The molecule has 4 heteroatoms. The number of hydrogen-bond donors (Lipinski definition) is 2. The maximum atomic E-state index is 9.51. The monoisotopic (exact) mass is 296 g/mol. The zero-order valence-electron chi connectivity index (χ0n) is 12.4. The number of halogens is 1. The Hall–Kier alpha value is -0.770. The summed E-state index contributed by atoms with van der Waals surface area (Å²) in [5.74, 6) is 0. The summed E-state index contributed by atoms with van der Waals surface area (Å²) < 4.78 is 0. The van der Waals surface area contributed by atoms with Gasteiger partial charge in [0.2, 0.25) is 0 Å². The fourth-order valence-electron chi connectivity index (χ4n) is 2.70. The summed E-state index contributed by atoms with van der Waals surface area (Å²) in [6.45, 7) is 6.27. The van der Waals surface area contributed by atoms with E-state index in [1.54, 1.807) is 0 Å². The molecule has 0 saturated carbocycles. The Labute approximate surface area is 126 Å². The van der Waals surface area contributed by atoms with Gasteiger partial charge in [-0.2, -0.15) is 0 Å². The SMILES string of the molecule is CC(C)NCc1ccc(N2CCCCC2CO)cc1Cl. The molecule has 2 N–H and O–H groups in total.